The number of nitrogens with one attached hydrogen (secondary N) is 1. The molecule has 4 unspecified atom stereocenters. The van der Waals surface area contributed by atoms with Crippen molar-refractivity contribution in [3.8, 4) is 0 Å². The van der Waals surface area contributed by atoms with Crippen LogP contribution < -0.4 is 5.32 Å². The van der Waals surface area contributed by atoms with Gasteiger partial charge in [0.2, 0.25) is 0 Å². The third-order valence-electron chi connectivity index (χ3n) is 6.61. The largest absolute Gasteiger partial charge is 0.376 e. The van der Waals surface area contributed by atoms with Crippen LogP contribution in [0.25, 0.3) is 0 Å². The maximum atomic E-state index is 14.8. The van der Waals surface area contributed by atoms with E-state index in [4.69, 9.17) is 16.3 Å². The third kappa shape index (κ3) is 5.08. The van der Waals surface area contributed by atoms with Crippen molar-refractivity contribution in [2.24, 2.45) is 5.92 Å². The lowest BCUT2D eigenvalue weighted by Crippen LogP contribution is -2.51. The van der Waals surface area contributed by atoms with Gasteiger partial charge in [0, 0.05) is 55.7 Å². The minimum Gasteiger partial charge on any atom is -0.376 e. The summed E-state index contributed by atoms with van der Waals surface area (Å²) in [4.78, 5) is 21.2. The number of aromatic nitrogens is 2. The predicted molar refractivity (Wildman–Crippen MR) is 121 cm³/mol. The fourth-order valence-electron chi connectivity index (χ4n) is 4.75. The SMILES string of the molecule is CC1CN(C(CNC(=O)N2CCC(C)C(n3ccnc3)C2)c2c(F)cccc2Cl)CCO1. The Labute approximate surface area is 193 Å². The van der Waals surface area contributed by atoms with Gasteiger partial charge in [-0.05, 0) is 31.4 Å². The molecule has 1 aromatic carbocycles. The van der Waals surface area contributed by atoms with Crippen LogP contribution in [0.5, 0.6) is 0 Å². The summed E-state index contributed by atoms with van der Waals surface area (Å²) >= 11 is 6.41. The molecule has 4 rings (SSSR count). The lowest BCUT2D eigenvalue weighted by molar-refractivity contribution is -0.0346. The van der Waals surface area contributed by atoms with Crippen LogP contribution in [0.2, 0.25) is 5.02 Å². The number of rotatable bonds is 5. The highest BCUT2D eigenvalue weighted by atomic mass is 35.5. The molecule has 1 aromatic heterocycles. The van der Waals surface area contributed by atoms with Crippen LogP contribution in [0.15, 0.2) is 36.9 Å². The van der Waals surface area contributed by atoms with Gasteiger partial charge >= 0.3 is 6.03 Å². The topological polar surface area (TPSA) is 62.6 Å². The molecule has 174 valence electrons. The standard InChI is InChI=1S/C23H31ClFN5O2/c1-16-6-8-29(14-21(16)30-9-7-26-15-30)23(31)27-12-20(28-10-11-32-17(2)13-28)22-18(24)4-3-5-19(22)25/h3-5,7,9,15-17,20-21H,6,8,10-14H2,1-2H3,(H,27,31). The number of likely N-dealkylation sites (tertiary alicyclic amines) is 1. The van der Waals surface area contributed by atoms with E-state index in [-0.39, 0.29) is 36.6 Å². The third-order valence-corrected chi connectivity index (χ3v) is 6.94. The first kappa shape index (κ1) is 23.0. The van der Waals surface area contributed by atoms with Crippen molar-refractivity contribution < 1.29 is 13.9 Å². The molecule has 4 atom stereocenters. The van der Waals surface area contributed by atoms with E-state index >= 15 is 0 Å². The summed E-state index contributed by atoms with van der Waals surface area (Å²) in [6.07, 6.45) is 6.46. The molecule has 3 heterocycles. The van der Waals surface area contributed by atoms with Gasteiger partial charge in [0.1, 0.15) is 5.82 Å². The van der Waals surface area contributed by atoms with Gasteiger partial charge in [-0.1, -0.05) is 24.6 Å². The number of carbonyl (C=O) groups excluding carboxylic acids is 1. The number of piperidine rings is 1. The predicted octanol–water partition coefficient (Wildman–Crippen LogP) is 3.73. The van der Waals surface area contributed by atoms with Gasteiger partial charge in [0.05, 0.1) is 31.1 Å². The number of imidazole rings is 1. The summed E-state index contributed by atoms with van der Waals surface area (Å²) in [7, 11) is 0. The highest BCUT2D eigenvalue weighted by Gasteiger charge is 2.32. The van der Waals surface area contributed by atoms with Crippen molar-refractivity contribution in [2.45, 2.75) is 38.5 Å². The van der Waals surface area contributed by atoms with E-state index in [2.05, 4.69) is 26.7 Å². The minimum atomic E-state index is -0.368. The molecule has 7 nitrogen and oxygen atoms in total. The van der Waals surface area contributed by atoms with Gasteiger partial charge in [0.15, 0.2) is 0 Å². The summed E-state index contributed by atoms with van der Waals surface area (Å²) in [5.74, 6) is 0.0934. The van der Waals surface area contributed by atoms with Crippen LogP contribution in [0, 0.1) is 11.7 Å². The molecule has 0 saturated carbocycles. The van der Waals surface area contributed by atoms with Gasteiger partial charge in [-0.25, -0.2) is 14.2 Å². The highest BCUT2D eigenvalue weighted by molar-refractivity contribution is 6.31. The summed E-state index contributed by atoms with van der Waals surface area (Å²) in [5, 5.41) is 3.42. The fraction of sp³-hybridized carbons (Fsp3) is 0.565. The monoisotopic (exact) mass is 463 g/mol. The first-order valence-electron chi connectivity index (χ1n) is 11.2. The zero-order valence-corrected chi connectivity index (χ0v) is 19.3. The van der Waals surface area contributed by atoms with E-state index in [1.54, 1.807) is 24.7 Å². The first-order valence-corrected chi connectivity index (χ1v) is 11.6. The Bertz CT molecular complexity index is 892. The number of urea groups is 1. The van der Waals surface area contributed by atoms with Crippen molar-refractivity contribution in [3.63, 3.8) is 0 Å². The van der Waals surface area contributed by atoms with E-state index in [0.717, 1.165) is 6.42 Å². The molecule has 2 aliphatic heterocycles. The van der Waals surface area contributed by atoms with Crippen LogP contribution >= 0.6 is 11.6 Å². The second-order valence-corrected chi connectivity index (χ2v) is 9.21. The minimum absolute atomic E-state index is 0.0343. The number of hydrogen-bond acceptors (Lipinski definition) is 4. The number of morpholine rings is 1. The zero-order chi connectivity index (χ0) is 22.7. The molecule has 2 aromatic rings. The molecule has 0 bridgehead atoms. The first-order chi connectivity index (χ1) is 15.4. The molecule has 2 saturated heterocycles. The number of benzene rings is 1. The molecule has 32 heavy (non-hydrogen) atoms. The van der Waals surface area contributed by atoms with E-state index in [1.807, 2.05) is 18.0 Å². The Balaban J connectivity index is 1.47. The second-order valence-electron chi connectivity index (χ2n) is 8.80. The Morgan fingerprint density at radius 1 is 1.34 bits per heavy atom. The number of amides is 2. The van der Waals surface area contributed by atoms with E-state index < -0.39 is 0 Å². The maximum Gasteiger partial charge on any atom is 0.317 e. The molecule has 2 amide bonds. The van der Waals surface area contributed by atoms with Crippen LogP contribution in [0.1, 0.15) is 37.9 Å². The number of hydrogen-bond donors (Lipinski definition) is 1. The number of halogens is 2. The Hall–Kier alpha value is -2.16. The highest BCUT2D eigenvalue weighted by Crippen LogP contribution is 2.31. The Morgan fingerprint density at radius 2 is 2.19 bits per heavy atom. The smallest absolute Gasteiger partial charge is 0.317 e. The van der Waals surface area contributed by atoms with Crippen molar-refractivity contribution in [2.75, 3.05) is 39.3 Å². The van der Waals surface area contributed by atoms with E-state index in [1.165, 1.54) is 6.07 Å². The van der Waals surface area contributed by atoms with Crippen molar-refractivity contribution in [3.05, 3.63) is 53.3 Å². The van der Waals surface area contributed by atoms with Gasteiger partial charge < -0.3 is 19.5 Å². The molecule has 2 aliphatic rings. The summed E-state index contributed by atoms with van der Waals surface area (Å²) in [6.45, 7) is 7.64. The molecule has 2 fully saturated rings. The molecule has 0 aliphatic carbocycles. The van der Waals surface area contributed by atoms with Crippen LogP contribution in [-0.4, -0.2) is 70.8 Å². The van der Waals surface area contributed by atoms with Crippen molar-refractivity contribution in [1.29, 1.82) is 0 Å². The number of carbonyl (C=O) groups is 1. The van der Waals surface area contributed by atoms with Gasteiger partial charge in [-0.3, -0.25) is 4.90 Å². The van der Waals surface area contributed by atoms with Crippen molar-refractivity contribution >= 4 is 17.6 Å². The molecular formula is C23H31ClFN5O2. The van der Waals surface area contributed by atoms with E-state index in [9.17, 15) is 9.18 Å². The van der Waals surface area contributed by atoms with Crippen LogP contribution in [0.4, 0.5) is 9.18 Å². The second kappa shape index (κ2) is 10.2. The Morgan fingerprint density at radius 3 is 2.91 bits per heavy atom. The van der Waals surface area contributed by atoms with E-state index in [0.29, 0.717) is 49.3 Å². The average Bonchev–Trinajstić information content (AvgIpc) is 3.30. The van der Waals surface area contributed by atoms with Gasteiger partial charge in [0.25, 0.3) is 0 Å². The molecule has 0 spiro atoms. The molecule has 9 heteroatoms. The summed E-state index contributed by atoms with van der Waals surface area (Å²) < 4.78 is 22.5. The average molecular weight is 464 g/mol. The summed E-state index contributed by atoms with van der Waals surface area (Å²) in [6, 6.07) is 4.40. The molecule has 0 radical (unpaired) electrons. The van der Waals surface area contributed by atoms with Gasteiger partial charge in [-0.15, -0.1) is 0 Å². The normalized spacial score (nSPS) is 25.5. The van der Waals surface area contributed by atoms with Gasteiger partial charge in [-0.2, -0.15) is 0 Å². The zero-order valence-electron chi connectivity index (χ0n) is 18.6. The Kier molecular flexibility index (Phi) is 7.33. The van der Waals surface area contributed by atoms with Crippen molar-refractivity contribution in [1.82, 2.24) is 24.7 Å². The lowest BCUT2D eigenvalue weighted by atomic mass is 9.93. The summed E-state index contributed by atoms with van der Waals surface area (Å²) in [5.41, 5.74) is 0.423. The lowest BCUT2D eigenvalue weighted by Gasteiger charge is -2.40. The number of ether oxygens (including phenoxy) is 1. The van der Waals surface area contributed by atoms with Crippen LogP contribution in [-0.2, 0) is 4.74 Å². The van der Waals surface area contributed by atoms with Crippen LogP contribution in [0.3, 0.4) is 0 Å². The molecular weight excluding hydrogens is 433 g/mol. The molecule has 1 N–H and O–H groups in total. The fourth-order valence-corrected chi connectivity index (χ4v) is 5.04. The quantitative estimate of drug-likeness (QED) is 0.734. The maximum absolute atomic E-state index is 14.8. The number of nitrogens with zero attached hydrogens (tertiary/aromatic N) is 4.